The van der Waals surface area contributed by atoms with E-state index in [0.717, 1.165) is 11.3 Å². The van der Waals surface area contributed by atoms with Crippen LogP contribution in [0, 0.1) is 6.92 Å². The van der Waals surface area contributed by atoms with E-state index in [-0.39, 0.29) is 31.4 Å². The molecular formula is C17H21N3O6S. The number of rotatable bonds is 8. The van der Waals surface area contributed by atoms with Gasteiger partial charge in [0.2, 0.25) is 5.91 Å². The summed E-state index contributed by atoms with van der Waals surface area (Å²) in [5.74, 6) is -1.21. The van der Waals surface area contributed by atoms with E-state index in [1.807, 2.05) is 0 Å². The second kappa shape index (κ2) is 9.26. The van der Waals surface area contributed by atoms with Gasteiger partial charge in [0.1, 0.15) is 16.3 Å². The number of amides is 1. The molecule has 9 nitrogen and oxygen atoms in total. The summed E-state index contributed by atoms with van der Waals surface area (Å²) in [5, 5.41) is 2.94. The summed E-state index contributed by atoms with van der Waals surface area (Å²) < 4.78 is 10.7. The van der Waals surface area contributed by atoms with E-state index in [0.29, 0.717) is 33.6 Å². The van der Waals surface area contributed by atoms with Gasteiger partial charge in [-0.1, -0.05) is 0 Å². The second-order valence-corrected chi connectivity index (χ2v) is 6.66. The number of hydrogen-bond acceptors (Lipinski definition) is 8. The van der Waals surface area contributed by atoms with Gasteiger partial charge in [0.05, 0.1) is 25.4 Å². The minimum absolute atomic E-state index is 0.203. The maximum absolute atomic E-state index is 12.7. The van der Waals surface area contributed by atoms with E-state index >= 15 is 0 Å². The van der Waals surface area contributed by atoms with Crippen LogP contribution in [0.15, 0.2) is 11.1 Å². The highest BCUT2D eigenvalue weighted by Crippen LogP contribution is 2.27. The lowest BCUT2D eigenvalue weighted by Crippen LogP contribution is -2.33. The molecule has 0 unspecified atom stereocenters. The van der Waals surface area contributed by atoms with Gasteiger partial charge >= 0.3 is 11.9 Å². The largest absolute Gasteiger partial charge is 0.469 e. The molecule has 2 aromatic heterocycles. The maximum Gasteiger partial charge on any atom is 0.348 e. The van der Waals surface area contributed by atoms with Crippen molar-refractivity contribution in [2.75, 3.05) is 20.3 Å². The number of nitrogens with one attached hydrogen (secondary N) is 1. The molecule has 0 aliphatic heterocycles. The van der Waals surface area contributed by atoms with Crippen LogP contribution in [-0.2, 0) is 25.6 Å². The summed E-state index contributed by atoms with van der Waals surface area (Å²) in [6, 6.07) is 0. The number of thiophene rings is 1. The molecule has 0 spiro atoms. The fourth-order valence-corrected chi connectivity index (χ4v) is 3.47. The Hall–Kier alpha value is -2.75. The second-order valence-electron chi connectivity index (χ2n) is 5.66. The molecule has 1 amide bonds. The molecule has 0 radical (unpaired) electrons. The number of fused-ring (bicyclic) bond motifs is 1. The Balaban J connectivity index is 2.11. The average Bonchev–Trinajstić information content (AvgIpc) is 2.98. The molecule has 1 N–H and O–H groups in total. The number of carbonyl (C=O) groups is 3. The molecule has 27 heavy (non-hydrogen) atoms. The fourth-order valence-electron chi connectivity index (χ4n) is 2.44. The first-order valence-electron chi connectivity index (χ1n) is 8.38. The molecule has 0 saturated carbocycles. The minimum atomic E-state index is -0.493. The third-order valence-corrected chi connectivity index (χ3v) is 4.98. The van der Waals surface area contributed by atoms with Crippen LogP contribution in [0.3, 0.4) is 0 Å². The zero-order chi connectivity index (χ0) is 20.0. The van der Waals surface area contributed by atoms with Gasteiger partial charge in [-0.2, -0.15) is 0 Å². The molecule has 0 fully saturated rings. The van der Waals surface area contributed by atoms with Crippen molar-refractivity contribution in [1.82, 2.24) is 14.9 Å². The average molecular weight is 395 g/mol. The molecule has 2 aromatic rings. The number of aromatic nitrogens is 2. The lowest BCUT2D eigenvalue weighted by atomic mass is 10.2. The van der Waals surface area contributed by atoms with Crippen molar-refractivity contribution in [2.45, 2.75) is 33.2 Å². The van der Waals surface area contributed by atoms with E-state index in [9.17, 15) is 19.2 Å². The normalized spacial score (nSPS) is 10.6. The van der Waals surface area contributed by atoms with E-state index in [2.05, 4.69) is 15.0 Å². The van der Waals surface area contributed by atoms with Crippen molar-refractivity contribution in [3.05, 3.63) is 27.1 Å². The highest BCUT2D eigenvalue weighted by molar-refractivity contribution is 7.20. The number of esters is 2. The summed E-state index contributed by atoms with van der Waals surface area (Å²) in [6.45, 7) is 3.69. The Morgan fingerprint density at radius 3 is 2.74 bits per heavy atom. The molecule has 0 aromatic carbocycles. The summed E-state index contributed by atoms with van der Waals surface area (Å²) in [4.78, 5) is 52.6. The highest BCUT2D eigenvalue weighted by atomic mass is 32.1. The number of aryl methyl sites for hydroxylation is 1. The summed E-state index contributed by atoms with van der Waals surface area (Å²) in [5.41, 5.74) is 0.104. The van der Waals surface area contributed by atoms with Gasteiger partial charge < -0.3 is 14.8 Å². The van der Waals surface area contributed by atoms with Crippen LogP contribution in [0.25, 0.3) is 10.2 Å². The summed E-state index contributed by atoms with van der Waals surface area (Å²) in [6.07, 6.45) is 1.93. The molecular weight excluding hydrogens is 374 g/mol. The van der Waals surface area contributed by atoms with Crippen molar-refractivity contribution < 1.29 is 23.9 Å². The summed E-state index contributed by atoms with van der Waals surface area (Å²) >= 11 is 1.09. The smallest absolute Gasteiger partial charge is 0.348 e. The summed E-state index contributed by atoms with van der Waals surface area (Å²) in [7, 11) is 1.30. The number of hydrogen-bond donors (Lipinski definition) is 1. The van der Waals surface area contributed by atoms with Crippen molar-refractivity contribution in [1.29, 1.82) is 0 Å². The molecule has 0 saturated heterocycles. The molecule has 10 heteroatoms. The van der Waals surface area contributed by atoms with Gasteiger partial charge in [-0.05, 0) is 25.8 Å². The van der Waals surface area contributed by atoms with Crippen LogP contribution in [0.1, 0.15) is 35.0 Å². The standard InChI is InChI=1S/C17H21N3O6S/c1-4-26-17(24)14-10(2)13-15(27-14)19-9-20(16(13)23)8-11(21)18-7-5-6-12(22)25-3/h9H,4-8H2,1-3H3,(H,18,21). The first kappa shape index (κ1) is 20.6. The van der Waals surface area contributed by atoms with Crippen molar-refractivity contribution in [2.24, 2.45) is 0 Å². The fraction of sp³-hybridized carbons (Fsp3) is 0.471. The van der Waals surface area contributed by atoms with E-state index in [4.69, 9.17) is 4.74 Å². The van der Waals surface area contributed by atoms with Crippen LogP contribution < -0.4 is 10.9 Å². The predicted octanol–water partition coefficient (Wildman–Crippen LogP) is 1.01. The van der Waals surface area contributed by atoms with Crippen LogP contribution >= 0.6 is 11.3 Å². The monoisotopic (exact) mass is 395 g/mol. The molecule has 0 aliphatic rings. The molecule has 0 aliphatic carbocycles. The molecule has 2 heterocycles. The molecule has 0 atom stereocenters. The van der Waals surface area contributed by atoms with Crippen molar-refractivity contribution in [3.8, 4) is 0 Å². The number of nitrogens with zero attached hydrogens (tertiary/aromatic N) is 2. The van der Waals surface area contributed by atoms with Gasteiger partial charge in [-0.3, -0.25) is 19.0 Å². The third kappa shape index (κ3) is 4.91. The van der Waals surface area contributed by atoms with Crippen LogP contribution in [0.2, 0.25) is 0 Å². The lowest BCUT2D eigenvalue weighted by molar-refractivity contribution is -0.140. The number of carbonyl (C=O) groups excluding carboxylic acids is 3. The van der Waals surface area contributed by atoms with E-state index in [1.54, 1.807) is 13.8 Å². The SMILES string of the molecule is CCOC(=O)c1sc2ncn(CC(=O)NCCCC(=O)OC)c(=O)c2c1C. The minimum Gasteiger partial charge on any atom is -0.469 e. The topological polar surface area (TPSA) is 117 Å². The van der Waals surface area contributed by atoms with Gasteiger partial charge in [0.15, 0.2) is 0 Å². The third-order valence-electron chi connectivity index (χ3n) is 3.80. The van der Waals surface area contributed by atoms with E-state index < -0.39 is 11.5 Å². The number of methoxy groups -OCH3 is 1. The van der Waals surface area contributed by atoms with E-state index in [1.165, 1.54) is 18.0 Å². The molecule has 2 rings (SSSR count). The lowest BCUT2D eigenvalue weighted by Gasteiger charge is -2.07. The first-order chi connectivity index (χ1) is 12.9. The van der Waals surface area contributed by atoms with Crippen LogP contribution in [0.5, 0.6) is 0 Å². The number of ether oxygens (including phenoxy) is 2. The zero-order valence-electron chi connectivity index (χ0n) is 15.4. The van der Waals surface area contributed by atoms with Crippen LogP contribution in [-0.4, -0.2) is 47.7 Å². The first-order valence-corrected chi connectivity index (χ1v) is 9.19. The van der Waals surface area contributed by atoms with Gasteiger partial charge in [0, 0.05) is 13.0 Å². The van der Waals surface area contributed by atoms with Crippen LogP contribution in [0.4, 0.5) is 0 Å². The van der Waals surface area contributed by atoms with Gasteiger partial charge in [0.25, 0.3) is 5.56 Å². The Morgan fingerprint density at radius 1 is 1.33 bits per heavy atom. The van der Waals surface area contributed by atoms with Gasteiger partial charge in [-0.25, -0.2) is 9.78 Å². The Kier molecular flexibility index (Phi) is 7.05. The molecule has 0 bridgehead atoms. The quantitative estimate of drug-likeness (QED) is 0.524. The Labute approximate surface area is 159 Å². The Morgan fingerprint density at radius 2 is 2.07 bits per heavy atom. The maximum atomic E-state index is 12.7. The van der Waals surface area contributed by atoms with Crippen molar-refractivity contribution >= 4 is 39.4 Å². The highest BCUT2D eigenvalue weighted by Gasteiger charge is 2.20. The molecule has 146 valence electrons. The predicted molar refractivity (Wildman–Crippen MR) is 98.8 cm³/mol. The Bertz CT molecular complexity index is 917. The zero-order valence-corrected chi connectivity index (χ0v) is 16.2. The van der Waals surface area contributed by atoms with Gasteiger partial charge in [-0.15, -0.1) is 11.3 Å². The van der Waals surface area contributed by atoms with Crippen molar-refractivity contribution in [3.63, 3.8) is 0 Å².